The molecular formula is C14H18O5. The Kier molecular flexibility index (Phi) is 6.05. The summed E-state index contributed by atoms with van der Waals surface area (Å²) >= 11 is 0. The molecular weight excluding hydrogens is 248 g/mol. The van der Waals surface area contributed by atoms with Crippen LogP contribution in [0.25, 0.3) is 0 Å². The van der Waals surface area contributed by atoms with Gasteiger partial charge in [0.25, 0.3) is 0 Å². The number of hydrogen-bond acceptors (Lipinski definition) is 4. The second kappa shape index (κ2) is 7.56. The number of ether oxygens (including phenoxy) is 1. The van der Waals surface area contributed by atoms with Crippen molar-refractivity contribution in [3.8, 4) is 5.75 Å². The van der Waals surface area contributed by atoms with Crippen LogP contribution >= 0.6 is 0 Å². The first-order chi connectivity index (χ1) is 9.04. The number of aliphatic carboxylic acids is 1. The highest BCUT2D eigenvalue weighted by Crippen LogP contribution is 2.24. The number of benzene rings is 1. The van der Waals surface area contributed by atoms with E-state index in [-0.39, 0.29) is 19.1 Å². The van der Waals surface area contributed by atoms with Gasteiger partial charge in [0.2, 0.25) is 0 Å². The van der Waals surface area contributed by atoms with Gasteiger partial charge < -0.3 is 20.1 Å². The SMILES string of the molecule is C[C@@H](/C=C/C(=O)O)[C@H](O)c1ccc(OCCO)cc1. The Morgan fingerprint density at radius 2 is 2.00 bits per heavy atom. The fourth-order valence-corrected chi connectivity index (χ4v) is 1.57. The van der Waals surface area contributed by atoms with Crippen LogP contribution in [0.3, 0.4) is 0 Å². The summed E-state index contributed by atoms with van der Waals surface area (Å²) in [6.07, 6.45) is 1.69. The average Bonchev–Trinajstić information content (AvgIpc) is 2.42. The highest BCUT2D eigenvalue weighted by atomic mass is 16.5. The van der Waals surface area contributed by atoms with Crippen molar-refractivity contribution in [2.75, 3.05) is 13.2 Å². The Hall–Kier alpha value is -1.85. The summed E-state index contributed by atoms with van der Waals surface area (Å²) in [5, 5.41) is 27.2. The van der Waals surface area contributed by atoms with Crippen LogP contribution in [0.2, 0.25) is 0 Å². The van der Waals surface area contributed by atoms with E-state index < -0.39 is 12.1 Å². The van der Waals surface area contributed by atoms with Crippen molar-refractivity contribution in [2.24, 2.45) is 5.92 Å². The molecule has 0 saturated carbocycles. The van der Waals surface area contributed by atoms with Crippen molar-refractivity contribution in [1.82, 2.24) is 0 Å². The van der Waals surface area contributed by atoms with Crippen LogP contribution < -0.4 is 4.74 Å². The lowest BCUT2D eigenvalue weighted by atomic mass is 9.97. The molecule has 0 heterocycles. The van der Waals surface area contributed by atoms with Crippen molar-refractivity contribution < 1.29 is 24.9 Å². The summed E-state index contributed by atoms with van der Waals surface area (Å²) in [5.74, 6) is -0.731. The maximum atomic E-state index is 10.4. The molecule has 3 N–H and O–H groups in total. The van der Waals surface area contributed by atoms with E-state index in [4.69, 9.17) is 14.9 Å². The quantitative estimate of drug-likeness (QED) is 0.649. The predicted octanol–water partition coefficient (Wildman–Crippen LogP) is 1.37. The molecule has 1 aromatic rings. The largest absolute Gasteiger partial charge is 0.491 e. The Labute approximate surface area is 111 Å². The van der Waals surface area contributed by atoms with Gasteiger partial charge in [-0.1, -0.05) is 25.1 Å². The zero-order chi connectivity index (χ0) is 14.3. The van der Waals surface area contributed by atoms with E-state index in [1.165, 1.54) is 6.08 Å². The topological polar surface area (TPSA) is 87.0 Å². The van der Waals surface area contributed by atoms with E-state index in [9.17, 15) is 9.90 Å². The van der Waals surface area contributed by atoms with Gasteiger partial charge in [0.15, 0.2) is 0 Å². The molecule has 0 aliphatic rings. The van der Waals surface area contributed by atoms with Gasteiger partial charge in [-0.3, -0.25) is 0 Å². The van der Waals surface area contributed by atoms with E-state index >= 15 is 0 Å². The van der Waals surface area contributed by atoms with Gasteiger partial charge in [-0.15, -0.1) is 0 Å². The third-order valence-corrected chi connectivity index (χ3v) is 2.62. The Morgan fingerprint density at radius 1 is 1.37 bits per heavy atom. The monoisotopic (exact) mass is 266 g/mol. The van der Waals surface area contributed by atoms with Crippen LogP contribution in [0.5, 0.6) is 5.75 Å². The second-order valence-corrected chi connectivity index (χ2v) is 4.14. The lowest BCUT2D eigenvalue weighted by Crippen LogP contribution is -2.07. The molecule has 104 valence electrons. The van der Waals surface area contributed by atoms with Crippen LogP contribution in [-0.4, -0.2) is 34.5 Å². The number of carbonyl (C=O) groups is 1. The van der Waals surface area contributed by atoms with Crippen LogP contribution in [0, 0.1) is 5.92 Å². The maximum Gasteiger partial charge on any atom is 0.327 e. The van der Waals surface area contributed by atoms with Crippen LogP contribution in [-0.2, 0) is 4.79 Å². The minimum Gasteiger partial charge on any atom is -0.491 e. The minimum atomic E-state index is -1.04. The molecule has 0 radical (unpaired) electrons. The summed E-state index contributed by atoms with van der Waals surface area (Å²) in [6.45, 7) is 1.90. The van der Waals surface area contributed by atoms with Crippen LogP contribution in [0.1, 0.15) is 18.6 Å². The fraction of sp³-hybridized carbons (Fsp3) is 0.357. The Morgan fingerprint density at radius 3 is 2.53 bits per heavy atom. The summed E-state index contributed by atoms with van der Waals surface area (Å²) in [6, 6.07) is 6.81. The van der Waals surface area contributed by atoms with Crippen LogP contribution in [0.4, 0.5) is 0 Å². The van der Waals surface area contributed by atoms with Crippen molar-refractivity contribution in [3.63, 3.8) is 0 Å². The molecule has 0 bridgehead atoms. The Bertz CT molecular complexity index is 424. The molecule has 5 heteroatoms. The lowest BCUT2D eigenvalue weighted by Gasteiger charge is -2.16. The molecule has 0 aromatic heterocycles. The summed E-state index contributed by atoms with van der Waals surface area (Å²) in [5.41, 5.74) is 0.680. The summed E-state index contributed by atoms with van der Waals surface area (Å²) < 4.78 is 5.21. The molecule has 0 fully saturated rings. The van der Waals surface area contributed by atoms with Gasteiger partial charge in [0.1, 0.15) is 12.4 Å². The number of rotatable bonds is 7. The highest BCUT2D eigenvalue weighted by Gasteiger charge is 2.14. The molecule has 0 aliphatic heterocycles. The second-order valence-electron chi connectivity index (χ2n) is 4.14. The average molecular weight is 266 g/mol. The predicted molar refractivity (Wildman–Crippen MR) is 69.9 cm³/mol. The molecule has 2 atom stereocenters. The van der Waals surface area contributed by atoms with E-state index in [0.29, 0.717) is 11.3 Å². The molecule has 0 saturated heterocycles. The molecule has 1 aromatic carbocycles. The van der Waals surface area contributed by atoms with Crippen molar-refractivity contribution in [3.05, 3.63) is 42.0 Å². The molecule has 1 rings (SSSR count). The normalized spacial score (nSPS) is 14.3. The van der Waals surface area contributed by atoms with Gasteiger partial charge in [-0.2, -0.15) is 0 Å². The first-order valence-corrected chi connectivity index (χ1v) is 5.97. The molecule has 0 aliphatic carbocycles. The summed E-state index contributed by atoms with van der Waals surface area (Å²) in [4.78, 5) is 10.4. The smallest absolute Gasteiger partial charge is 0.327 e. The fourth-order valence-electron chi connectivity index (χ4n) is 1.57. The van der Waals surface area contributed by atoms with Crippen LogP contribution in [0.15, 0.2) is 36.4 Å². The van der Waals surface area contributed by atoms with Crippen molar-refractivity contribution in [2.45, 2.75) is 13.0 Å². The maximum absolute atomic E-state index is 10.4. The molecule has 19 heavy (non-hydrogen) atoms. The number of hydrogen-bond donors (Lipinski definition) is 3. The Balaban J connectivity index is 2.66. The molecule has 0 amide bonds. The first-order valence-electron chi connectivity index (χ1n) is 5.97. The van der Waals surface area contributed by atoms with E-state index in [1.807, 2.05) is 0 Å². The van der Waals surface area contributed by atoms with Gasteiger partial charge in [-0.25, -0.2) is 4.79 Å². The summed E-state index contributed by atoms with van der Waals surface area (Å²) in [7, 11) is 0. The zero-order valence-electron chi connectivity index (χ0n) is 10.7. The third-order valence-electron chi connectivity index (χ3n) is 2.62. The molecule has 0 unspecified atom stereocenters. The number of carboxylic acids is 1. The van der Waals surface area contributed by atoms with Gasteiger partial charge >= 0.3 is 5.97 Å². The molecule has 5 nitrogen and oxygen atoms in total. The van der Waals surface area contributed by atoms with Crippen molar-refractivity contribution in [1.29, 1.82) is 0 Å². The first kappa shape index (κ1) is 15.2. The number of carboxylic acid groups (broad SMARTS) is 1. The molecule has 0 spiro atoms. The lowest BCUT2D eigenvalue weighted by molar-refractivity contribution is -0.131. The van der Waals surface area contributed by atoms with Crippen molar-refractivity contribution >= 4 is 5.97 Å². The standard InChI is InChI=1S/C14H18O5/c1-10(2-7-13(16)17)14(18)11-3-5-12(6-4-11)19-9-8-15/h2-7,10,14-15,18H,8-9H2,1H3,(H,16,17)/b7-2+/t10-,14-/m0/s1. The van der Waals surface area contributed by atoms with E-state index in [1.54, 1.807) is 31.2 Å². The minimum absolute atomic E-state index is 0.0542. The van der Waals surface area contributed by atoms with Gasteiger partial charge in [0.05, 0.1) is 12.7 Å². The highest BCUT2D eigenvalue weighted by molar-refractivity contribution is 5.79. The zero-order valence-corrected chi connectivity index (χ0v) is 10.7. The number of aliphatic hydroxyl groups is 2. The number of aliphatic hydroxyl groups excluding tert-OH is 2. The van der Waals surface area contributed by atoms with E-state index in [0.717, 1.165) is 6.08 Å². The van der Waals surface area contributed by atoms with E-state index in [2.05, 4.69) is 0 Å². The van der Waals surface area contributed by atoms with Gasteiger partial charge in [0, 0.05) is 12.0 Å². The third kappa shape index (κ3) is 5.11. The van der Waals surface area contributed by atoms with Gasteiger partial charge in [-0.05, 0) is 17.7 Å².